The molecule has 11 heavy (non-hydrogen) atoms. The summed E-state index contributed by atoms with van der Waals surface area (Å²) in [7, 11) is 0. The summed E-state index contributed by atoms with van der Waals surface area (Å²) in [6, 6.07) is 0. The monoisotopic (exact) mass is 180 g/mol. The molecule has 0 rings (SSSR count). The maximum absolute atomic E-state index is 11.9. The highest BCUT2D eigenvalue weighted by Gasteiger charge is 2.47. The molecule has 0 radical (unpaired) electrons. The number of hydrogen-bond donors (Lipinski definition) is 0. The predicted molar refractivity (Wildman–Crippen MR) is 26.2 cm³/mol. The van der Waals surface area contributed by atoms with Crippen molar-refractivity contribution < 1.29 is 26.3 Å². The topological polar surface area (TPSA) is 0 Å². The average Bonchev–Trinajstić information content (AvgIpc) is 1.56. The zero-order chi connectivity index (χ0) is 9.28. The molecule has 0 N–H and O–H groups in total. The fourth-order valence-corrected chi connectivity index (χ4v) is 0.408. The van der Waals surface area contributed by atoms with Gasteiger partial charge in [0.1, 0.15) is 6.42 Å². The van der Waals surface area contributed by atoms with E-state index in [1.165, 1.54) is 0 Å². The molecule has 0 aliphatic carbocycles. The van der Waals surface area contributed by atoms with E-state index in [-0.39, 0.29) is 0 Å². The highest BCUT2D eigenvalue weighted by Crippen LogP contribution is 2.34. The second-order valence-corrected chi connectivity index (χ2v) is 2.17. The Balaban J connectivity index is 4.13. The lowest BCUT2D eigenvalue weighted by Crippen LogP contribution is -2.33. The van der Waals surface area contributed by atoms with Gasteiger partial charge in [0, 0.05) is 0 Å². The molecule has 1 atom stereocenters. The minimum absolute atomic E-state index is 0.395. The molecule has 0 saturated heterocycles. The summed E-state index contributed by atoms with van der Waals surface area (Å²) < 4.78 is 69.4. The molecule has 0 bridgehead atoms. The lowest BCUT2D eigenvalue weighted by Gasteiger charge is -2.18. The van der Waals surface area contributed by atoms with Gasteiger partial charge < -0.3 is 0 Å². The quantitative estimate of drug-likeness (QED) is 0.573. The average molecular weight is 180 g/mol. The van der Waals surface area contributed by atoms with Gasteiger partial charge in [-0.1, -0.05) is 0 Å². The third-order valence-corrected chi connectivity index (χ3v) is 1.02. The van der Waals surface area contributed by atoms with E-state index < -0.39 is 24.7 Å². The van der Waals surface area contributed by atoms with Crippen LogP contribution in [0.1, 0.15) is 13.3 Å². The summed E-state index contributed by atoms with van der Waals surface area (Å²) in [6.07, 6.45) is -10.2. The summed E-state index contributed by atoms with van der Waals surface area (Å²) in [6.45, 7) is 0.395. The zero-order valence-electron chi connectivity index (χ0n) is 5.55. The minimum atomic E-state index is -5.02. The third kappa shape index (κ3) is 4.10. The van der Waals surface area contributed by atoms with Gasteiger partial charge in [0.15, 0.2) is 6.17 Å². The van der Waals surface area contributed by atoms with Gasteiger partial charge in [-0.3, -0.25) is 0 Å². The van der Waals surface area contributed by atoms with E-state index in [4.69, 9.17) is 0 Å². The lowest BCUT2D eigenvalue weighted by atomic mass is 10.1. The maximum Gasteiger partial charge on any atom is 0.394 e. The van der Waals surface area contributed by atoms with E-state index in [2.05, 4.69) is 0 Å². The van der Waals surface area contributed by atoms with Crippen molar-refractivity contribution in [2.24, 2.45) is 0 Å². The lowest BCUT2D eigenvalue weighted by molar-refractivity contribution is -0.202. The van der Waals surface area contributed by atoms with Crippen LogP contribution in [0.3, 0.4) is 0 Å². The first-order valence-electron chi connectivity index (χ1n) is 2.74. The molecule has 0 aromatic carbocycles. The molecule has 6 heteroatoms. The van der Waals surface area contributed by atoms with Crippen LogP contribution in [0, 0.1) is 0 Å². The van der Waals surface area contributed by atoms with Crippen LogP contribution < -0.4 is 0 Å². The van der Waals surface area contributed by atoms with Gasteiger partial charge in [0.05, 0.1) is 0 Å². The Labute approximate surface area is 59.2 Å². The number of hydrogen-bond acceptors (Lipinski definition) is 0. The summed E-state index contributed by atoms with van der Waals surface area (Å²) in [4.78, 5) is 0. The Kier molecular flexibility index (Phi) is 2.79. The molecule has 0 fully saturated rings. The van der Waals surface area contributed by atoms with Crippen LogP contribution in [0.15, 0.2) is 0 Å². The molecule has 0 aromatic rings. The highest BCUT2D eigenvalue weighted by molar-refractivity contribution is 4.76. The van der Waals surface area contributed by atoms with Crippen LogP contribution in [0.2, 0.25) is 0 Å². The van der Waals surface area contributed by atoms with Gasteiger partial charge in [-0.2, -0.15) is 13.2 Å². The zero-order valence-corrected chi connectivity index (χ0v) is 5.55. The first kappa shape index (κ1) is 10.6. The standard InChI is InChI=1S/C5H6F6/c1-3(6)4(7,8)2-5(9,10)11/h3H,2H2,1H3. The smallest absolute Gasteiger partial charge is 0.241 e. The molecule has 0 heterocycles. The normalized spacial score (nSPS) is 16.6. The molecule has 0 aliphatic heterocycles. The molecule has 1 unspecified atom stereocenters. The third-order valence-electron chi connectivity index (χ3n) is 1.02. The second-order valence-electron chi connectivity index (χ2n) is 2.17. The fraction of sp³-hybridized carbons (Fsp3) is 1.00. The van der Waals surface area contributed by atoms with Crippen molar-refractivity contribution in [1.29, 1.82) is 0 Å². The Hall–Kier alpha value is -0.420. The van der Waals surface area contributed by atoms with E-state index in [1.54, 1.807) is 0 Å². The van der Waals surface area contributed by atoms with E-state index >= 15 is 0 Å². The summed E-state index contributed by atoms with van der Waals surface area (Å²) in [5.41, 5.74) is 0. The molecule has 0 saturated carbocycles. The van der Waals surface area contributed by atoms with E-state index in [1.807, 2.05) is 0 Å². The van der Waals surface area contributed by atoms with Gasteiger partial charge >= 0.3 is 6.18 Å². The summed E-state index contributed by atoms with van der Waals surface area (Å²) in [5.74, 6) is -4.31. The Bertz CT molecular complexity index is 123. The Morgan fingerprint density at radius 3 is 1.55 bits per heavy atom. The van der Waals surface area contributed by atoms with Gasteiger partial charge in [-0.15, -0.1) is 0 Å². The molecule has 0 aromatic heterocycles. The molecular formula is C5H6F6. The fourth-order valence-electron chi connectivity index (χ4n) is 0.408. The summed E-state index contributed by atoms with van der Waals surface area (Å²) >= 11 is 0. The molecular weight excluding hydrogens is 174 g/mol. The van der Waals surface area contributed by atoms with Gasteiger partial charge in [-0.05, 0) is 6.92 Å². The number of rotatable bonds is 2. The second kappa shape index (κ2) is 2.91. The van der Waals surface area contributed by atoms with E-state index in [9.17, 15) is 26.3 Å². The highest BCUT2D eigenvalue weighted by atomic mass is 19.4. The predicted octanol–water partition coefficient (Wildman–Crippen LogP) is 2.93. The van der Waals surface area contributed by atoms with Crippen molar-refractivity contribution in [2.45, 2.75) is 31.6 Å². The van der Waals surface area contributed by atoms with Crippen molar-refractivity contribution in [2.75, 3.05) is 0 Å². The molecule has 0 spiro atoms. The number of halogens is 6. The van der Waals surface area contributed by atoms with Crippen LogP contribution in [0.5, 0.6) is 0 Å². The first-order valence-corrected chi connectivity index (χ1v) is 2.74. The van der Waals surface area contributed by atoms with Crippen molar-refractivity contribution in [3.63, 3.8) is 0 Å². The molecule has 0 nitrogen and oxygen atoms in total. The molecule has 0 aliphatic rings. The van der Waals surface area contributed by atoms with Gasteiger partial charge in [0.25, 0.3) is 5.92 Å². The van der Waals surface area contributed by atoms with Crippen LogP contribution >= 0.6 is 0 Å². The van der Waals surface area contributed by atoms with Crippen LogP contribution in [0.4, 0.5) is 26.3 Å². The van der Waals surface area contributed by atoms with Crippen LogP contribution in [0.25, 0.3) is 0 Å². The van der Waals surface area contributed by atoms with Crippen molar-refractivity contribution in [3.8, 4) is 0 Å². The number of alkyl halides is 6. The van der Waals surface area contributed by atoms with Gasteiger partial charge in [0.2, 0.25) is 0 Å². The molecule has 0 amide bonds. The van der Waals surface area contributed by atoms with Crippen molar-refractivity contribution in [3.05, 3.63) is 0 Å². The Morgan fingerprint density at radius 1 is 1.09 bits per heavy atom. The van der Waals surface area contributed by atoms with Crippen LogP contribution in [-0.4, -0.2) is 18.3 Å². The minimum Gasteiger partial charge on any atom is -0.241 e. The maximum atomic E-state index is 11.9. The van der Waals surface area contributed by atoms with E-state index in [0.717, 1.165) is 0 Å². The SMILES string of the molecule is CC(F)C(F)(F)CC(F)(F)F. The first-order chi connectivity index (χ1) is 4.65. The van der Waals surface area contributed by atoms with Gasteiger partial charge in [-0.25, -0.2) is 13.2 Å². The van der Waals surface area contributed by atoms with Crippen LogP contribution in [-0.2, 0) is 0 Å². The largest absolute Gasteiger partial charge is 0.394 e. The Morgan fingerprint density at radius 2 is 1.45 bits per heavy atom. The molecule has 68 valence electrons. The van der Waals surface area contributed by atoms with Crippen molar-refractivity contribution in [1.82, 2.24) is 0 Å². The van der Waals surface area contributed by atoms with E-state index in [0.29, 0.717) is 6.92 Å². The summed E-state index contributed by atoms with van der Waals surface area (Å²) in [5, 5.41) is 0. The van der Waals surface area contributed by atoms with Crippen molar-refractivity contribution >= 4 is 0 Å².